The number of hydrogen-bond acceptors (Lipinski definition) is 5. The first-order valence-electron chi connectivity index (χ1n) is 4.57. The molecule has 0 spiro atoms. The SMILES string of the molecule is CNCc1coc(N(C)CCSC)n1. The Balaban J connectivity index is 2.48. The van der Waals surface area contributed by atoms with Crippen molar-refractivity contribution >= 4 is 17.8 Å². The van der Waals surface area contributed by atoms with E-state index < -0.39 is 0 Å². The molecule has 0 fully saturated rings. The number of hydrogen-bond donors (Lipinski definition) is 1. The second-order valence-corrected chi connectivity index (χ2v) is 4.05. The Hall–Kier alpha value is -0.680. The molecule has 4 nitrogen and oxygen atoms in total. The lowest BCUT2D eigenvalue weighted by Crippen LogP contribution is -2.20. The minimum absolute atomic E-state index is 0.698. The smallest absolute Gasteiger partial charge is 0.297 e. The van der Waals surface area contributed by atoms with Crippen molar-refractivity contribution in [3.05, 3.63) is 12.0 Å². The summed E-state index contributed by atoms with van der Waals surface area (Å²) >= 11 is 1.82. The first-order valence-corrected chi connectivity index (χ1v) is 5.96. The van der Waals surface area contributed by atoms with E-state index in [1.54, 1.807) is 6.26 Å². The van der Waals surface area contributed by atoms with Crippen molar-refractivity contribution in [1.82, 2.24) is 10.3 Å². The molecule has 0 aliphatic carbocycles. The highest BCUT2D eigenvalue weighted by Crippen LogP contribution is 2.12. The molecule has 0 saturated heterocycles. The molecule has 0 atom stereocenters. The summed E-state index contributed by atoms with van der Waals surface area (Å²) in [7, 11) is 3.89. The molecule has 1 heterocycles. The first kappa shape index (κ1) is 11.4. The molecular weight excluding hydrogens is 198 g/mol. The van der Waals surface area contributed by atoms with Crippen molar-refractivity contribution in [3.8, 4) is 0 Å². The van der Waals surface area contributed by atoms with Crippen LogP contribution in [0.2, 0.25) is 0 Å². The molecule has 0 aromatic carbocycles. The van der Waals surface area contributed by atoms with Crippen LogP contribution >= 0.6 is 11.8 Å². The van der Waals surface area contributed by atoms with Gasteiger partial charge in [-0.1, -0.05) is 0 Å². The average Bonchev–Trinajstić information content (AvgIpc) is 2.63. The lowest BCUT2D eigenvalue weighted by molar-refractivity contribution is 0.547. The van der Waals surface area contributed by atoms with E-state index in [2.05, 4.69) is 16.6 Å². The van der Waals surface area contributed by atoms with Gasteiger partial charge < -0.3 is 14.6 Å². The van der Waals surface area contributed by atoms with Crippen LogP contribution in [0.1, 0.15) is 5.69 Å². The maximum Gasteiger partial charge on any atom is 0.297 e. The Kier molecular flexibility index (Phi) is 4.82. The summed E-state index contributed by atoms with van der Waals surface area (Å²) in [5.74, 6) is 1.08. The van der Waals surface area contributed by atoms with E-state index in [1.807, 2.05) is 30.8 Å². The summed E-state index contributed by atoms with van der Waals surface area (Å²) in [5, 5.41) is 3.03. The fourth-order valence-corrected chi connectivity index (χ4v) is 1.51. The summed E-state index contributed by atoms with van der Waals surface area (Å²) in [6, 6.07) is 0.698. The van der Waals surface area contributed by atoms with E-state index in [0.717, 1.165) is 24.5 Å². The van der Waals surface area contributed by atoms with Gasteiger partial charge in [-0.05, 0) is 13.3 Å². The molecule has 0 unspecified atom stereocenters. The van der Waals surface area contributed by atoms with Gasteiger partial charge in [-0.3, -0.25) is 0 Å². The van der Waals surface area contributed by atoms with Crippen LogP contribution in [0.4, 0.5) is 6.01 Å². The summed E-state index contributed by atoms with van der Waals surface area (Å²) < 4.78 is 5.34. The van der Waals surface area contributed by atoms with Crippen LogP contribution < -0.4 is 10.2 Å². The molecule has 0 saturated carbocycles. The van der Waals surface area contributed by atoms with E-state index >= 15 is 0 Å². The maximum absolute atomic E-state index is 5.34. The van der Waals surface area contributed by atoms with Crippen LogP contribution in [0.15, 0.2) is 10.7 Å². The number of anilines is 1. The average molecular weight is 215 g/mol. The second-order valence-electron chi connectivity index (χ2n) is 3.07. The third kappa shape index (κ3) is 3.23. The van der Waals surface area contributed by atoms with Crippen LogP contribution in [0, 0.1) is 0 Å². The molecule has 14 heavy (non-hydrogen) atoms. The van der Waals surface area contributed by atoms with Crippen molar-refractivity contribution in [1.29, 1.82) is 0 Å². The standard InChI is InChI=1S/C9H17N3OS/c1-10-6-8-7-13-9(11-8)12(2)4-5-14-3/h7,10H,4-6H2,1-3H3. The van der Waals surface area contributed by atoms with Crippen molar-refractivity contribution in [2.45, 2.75) is 6.54 Å². The summed E-state index contributed by atoms with van der Waals surface area (Å²) in [5.41, 5.74) is 0.943. The number of aromatic nitrogens is 1. The Morgan fingerprint density at radius 1 is 1.64 bits per heavy atom. The van der Waals surface area contributed by atoms with Gasteiger partial charge in [-0.2, -0.15) is 16.7 Å². The van der Waals surface area contributed by atoms with E-state index in [4.69, 9.17) is 4.42 Å². The highest BCUT2D eigenvalue weighted by atomic mass is 32.2. The van der Waals surface area contributed by atoms with E-state index in [-0.39, 0.29) is 0 Å². The Morgan fingerprint density at radius 2 is 2.43 bits per heavy atom. The second kappa shape index (κ2) is 5.93. The summed E-state index contributed by atoms with van der Waals surface area (Å²) in [6.07, 6.45) is 3.79. The van der Waals surface area contributed by atoms with E-state index in [9.17, 15) is 0 Å². The van der Waals surface area contributed by atoms with Gasteiger partial charge >= 0.3 is 0 Å². The number of oxazole rings is 1. The van der Waals surface area contributed by atoms with Crippen LogP contribution in [0.25, 0.3) is 0 Å². The highest BCUT2D eigenvalue weighted by molar-refractivity contribution is 7.98. The molecule has 0 radical (unpaired) electrons. The molecule has 1 aromatic heterocycles. The van der Waals surface area contributed by atoms with E-state index in [0.29, 0.717) is 6.01 Å². The van der Waals surface area contributed by atoms with Gasteiger partial charge in [-0.15, -0.1) is 0 Å². The van der Waals surface area contributed by atoms with Gasteiger partial charge in [0, 0.05) is 25.9 Å². The van der Waals surface area contributed by atoms with Crippen LogP contribution in [-0.4, -0.2) is 37.6 Å². The fourth-order valence-electron chi connectivity index (χ4n) is 1.06. The fraction of sp³-hybridized carbons (Fsp3) is 0.667. The van der Waals surface area contributed by atoms with Crippen LogP contribution in [-0.2, 0) is 6.54 Å². The predicted octanol–water partition coefficient (Wildman–Crippen LogP) is 1.19. The summed E-state index contributed by atoms with van der Waals surface area (Å²) in [4.78, 5) is 6.36. The zero-order valence-corrected chi connectivity index (χ0v) is 9.73. The lowest BCUT2D eigenvalue weighted by atomic mass is 10.5. The molecule has 1 rings (SSSR count). The summed E-state index contributed by atoms with van der Waals surface area (Å²) in [6.45, 7) is 1.71. The van der Waals surface area contributed by atoms with Gasteiger partial charge in [0.2, 0.25) is 0 Å². The van der Waals surface area contributed by atoms with Crippen LogP contribution in [0.5, 0.6) is 0 Å². The minimum Gasteiger partial charge on any atom is -0.432 e. The molecule has 5 heteroatoms. The van der Waals surface area contributed by atoms with Crippen molar-refractivity contribution < 1.29 is 4.42 Å². The number of thioether (sulfide) groups is 1. The van der Waals surface area contributed by atoms with Gasteiger partial charge in [0.05, 0.1) is 5.69 Å². The van der Waals surface area contributed by atoms with Crippen molar-refractivity contribution in [3.63, 3.8) is 0 Å². The van der Waals surface area contributed by atoms with E-state index in [1.165, 1.54) is 0 Å². The maximum atomic E-state index is 5.34. The molecule has 1 N–H and O–H groups in total. The van der Waals surface area contributed by atoms with Gasteiger partial charge in [0.25, 0.3) is 6.01 Å². The minimum atomic E-state index is 0.698. The quantitative estimate of drug-likeness (QED) is 0.772. The van der Waals surface area contributed by atoms with Crippen molar-refractivity contribution in [2.75, 3.05) is 37.5 Å². The molecular formula is C9H17N3OS. The zero-order chi connectivity index (χ0) is 10.4. The monoisotopic (exact) mass is 215 g/mol. The lowest BCUT2D eigenvalue weighted by Gasteiger charge is -2.12. The third-order valence-corrected chi connectivity index (χ3v) is 2.45. The predicted molar refractivity (Wildman–Crippen MR) is 60.9 cm³/mol. The molecule has 80 valence electrons. The van der Waals surface area contributed by atoms with Gasteiger partial charge in [0.1, 0.15) is 6.26 Å². The van der Waals surface area contributed by atoms with Gasteiger partial charge in [-0.25, -0.2) is 0 Å². The van der Waals surface area contributed by atoms with Crippen LogP contribution in [0.3, 0.4) is 0 Å². The number of nitrogens with one attached hydrogen (secondary N) is 1. The van der Waals surface area contributed by atoms with Crippen molar-refractivity contribution in [2.24, 2.45) is 0 Å². The Bertz CT molecular complexity index is 264. The first-order chi connectivity index (χ1) is 6.77. The molecule has 0 aliphatic rings. The largest absolute Gasteiger partial charge is 0.432 e. The zero-order valence-electron chi connectivity index (χ0n) is 8.91. The van der Waals surface area contributed by atoms with Gasteiger partial charge in [0.15, 0.2) is 0 Å². The Morgan fingerprint density at radius 3 is 3.07 bits per heavy atom. The number of nitrogens with zero attached hydrogens (tertiary/aromatic N) is 2. The molecule has 0 bridgehead atoms. The molecule has 1 aromatic rings. The highest BCUT2D eigenvalue weighted by Gasteiger charge is 2.07. The Labute approximate surface area is 89.1 Å². The third-order valence-electron chi connectivity index (χ3n) is 1.85. The topological polar surface area (TPSA) is 41.3 Å². The molecule has 0 amide bonds. The number of rotatable bonds is 6. The molecule has 0 aliphatic heterocycles. The normalized spacial score (nSPS) is 10.5.